The number of hydrogen-bond donors (Lipinski definition) is 2. The molecule has 1 aromatic rings. The van der Waals surface area contributed by atoms with Crippen molar-refractivity contribution in [3.8, 4) is 0 Å². The topological polar surface area (TPSA) is 72.9 Å². The molecule has 0 saturated carbocycles. The van der Waals surface area contributed by atoms with Crippen LogP contribution in [0.5, 0.6) is 0 Å². The number of aryl methyl sites for hydroxylation is 2. The lowest BCUT2D eigenvalue weighted by atomic mass is 9.94. The summed E-state index contributed by atoms with van der Waals surface area (Å²) < 4.78 is 1.79. The summed E-state index contributed by atoms with van der Waals surface area (Å²) in [5.41, 5.74) is 7.87. The van der Waals surface area contributed by atoms with Gasteiger partial charge in [-0.05, 0) is 31.2 Å². The third-order valence-corrected chi connectivity index (χ3v) is 3.41. The molecule has 20 heavy (non-hydrogen) atoms. The summed E-state index contributed by atoms with van der Waals surface area (Å²) in [6, 6.07) is 0. The summed E-state index contributed by atoms with van der Waals surface area (Å²) in [5, 5.41) is 7.35. The van der Waals surface area contributed by atoms with Gasteiger partial charge < -0.3 is 11.1 Å². The standard InChI is InChI=1S/C15H28N4O/c1-5-14-13(10-19(4)18-14)9-17-15(20)7-12(8-16)6-11(2)3/h10-12H,5-9,16H2,1-4H3,(H,17,20)/t12-/m0/s1. The maximum Gasteiger partial charge on any atom is 0.220 e. The molecule has 1 heterocycles. The average Bonchev–Trinajstić information content (AvgIpc) is 2.75. The maximum absolute atomic E-state index is 12.0. The summed E-state index contributed by atoms with van der Waals surface area (Å²) in [5.74, 6) is 0.919. The van der Waals surface area contributed by atoms with Crippen molar-refractivity contribution in [2.45, 2.75) is 46.6 Å². The Morgan fingerprint density at radius 2 is 2.20 bits per heavy atom. The van der Waals surface area contributed by atoms with E-state index in [0.29, 0.717) is 25.4 Å². The Morgan fingerprint density at radius 3 is 2.75 bits per heavy atom. The second-order valence-corrected chi connectivity index (χ2v) is 5.84. The molecule has 0 saturated heterocycles. The van der Waals surface area contributed by atoms with E-state index in [1.807, 2.05) is 13.2 Å². The van der Waals surface area contributed by atoms with Gasteiger partial charge in [-0.25, -0.2) is 0 Å². The van der Waals surface area contributed by atoms with Crippen molar-refractivity contribution < 1.29 is 4.79 Å². The molecular weight excluding hydrogens is 252 g/mol. The van der Waals surface area contributed by atoms with Crippen LogP contribution in [0.15, 0.2) is 6.20 Å². The van der Waals surface area contributed by atoms with Crippen LogP contribution in [0.2, 0.25) is 0 Å². The van der Waals surface area contributed by atoms with Crippen LogP contribution in [0.4, 0.5) is 0 Å². The molecule has 0 fully saturated rings. The van der Waals surface area contributed by atoms with E-state index in [1.54, 1.807) is 4.68 Å². The Kier molecular flexibility index (Phi) is 6.71. The quantitative estimate of drug-likeness (QED) is 0.760. The normalized spacial score (nSPS) is 12.7. The summed E-state index contributed by atoms with van der Waals surface area (Å²) in [4.78, 5) is 12.0. The first kappa shape index (κ1) is 16.7. The van der Waals surface area contributed by atoms with E-state index in [9.17, 15) is 4.79 Å². The van der Waals surface area contributed by atoms with E-state index in [4.69, 9.17) is 5.73 Å². The van der Waals surface area contributed by atoms with Gasteiger partial charge in [0.1, 0.15) is 0 Å². The molecule has 0 spiro atoms. The predicted octanol–water partition coefficient (Wildman–Crippen LogP) is 1.61. The van der Waals surface area contributed by atoms with Crippen LogP contribution >= 0.6 is 0 Å². The summed E-state index contributed by atoms with van der Waals surface area (Å²) in [7, 11) is 1.90. The Morgan fingerprint density at radius 1 is 1.50 bits per heavy atom. The van der Waals surface area contributed by atoms with Crippen LogP contribution in [-0.4, -0.2) is 22.2 Å². The first-order valence-electron chi connectivity index (χ1n) is 7.44. The molecule has 0 bridgehead atoms. The zero-order valence-electron chi connectivity index (χ0n) is 13.1. The van der Waals surface area contributed by atoms with Crippen LogP contribution in [0.25, 0.3) is 0 Å². The Labute approximate surface area is 121 Å². The minimum atomic E-state index is 0.0759. The molecule has 1 atom stereocenters. The van der Waals surface area contributed by atoms with Gasteiger partial charge in [-0.3, -0.25) is 9.48 Å². The minimum Gasteiger partial charge on any atom is -0.352 e. The van der Waals surface area contributed by atoms with E-state index >= 15 is 0 Å². The second kappa shape index (κ2) is 8.04. The summed E-state index contributed by atoms with van der Waals surface area (Å²) in [6.07, 6.45) is 4.35. The van der Waals surface area contributed by atoms with Gasteiger partial charge in [-0.1, -0.05) is 20.8 Å². The molecule has 0 aliphatic heterocycles. The van der Waals surface area contributed by atoms with Gasteiger partial charge in [0.25, 0.3) is 0 Å². The highest BCUT2D eigenvalue weighted by Crippen LogP contribution is 2.14. The molecule has 5 heteroatoms. The van der Waals surface area contributed by atoms with Gasteiger partial charge in [0.05, 0.1) is 5.69 Å². The highest BCUT2D eigenvalue weighted by molar-refractivity contribution is 5.76. The number of nitrogens with one attached hydrogen (secondary N) is 1. The van der Waals surface area contributed by atoms with E-state index in [1.165, 1.54) is 0 Å². The summed E-state index contributed by atoms with van der Waals surface area (Å²) >= 11 is 0. The number of hydrogen-bond acceptors (Lipinski definition) is 3. The van der Waals surface area contributed by atoms with Gasteiger partial charge in [0, 0.05) is 31.8 Å². The third-order valence-electron chi connectivity index (χ3n) is 3.41. The molecule has 0 aromatic carbocycles. The molecule has 1 aromatic heterocycles. The number of amides is 1. The molecule has 0 aliphatic carbocycles. The SMILES string of the molecule is CCc1nn(C)cc1CNC(=O)C[C@@H](CN)CC(C)C. The molecular formula is C15H28N4O. The molecule has 5 nitrogen and oxygen atoms in total. The van der Waals surface area contributed by atoms with Gasteiger partial charge in [-0.2, -0.15) is 5.10 Å². The van der Waals surface area contributed by atoms with Crippen molar-refractivity contribution in [3.63, 3.8) is 0 Å². The fraction of sp³-hybridized carbons (Fsp3) is 0.733. The van der Waals surface area contributed by atoms with Gasteiger partial charge in [0.2, 0.25) is 5.91 Å². The molecule has 0 radical (unpaired) electrons. The fourth-order valence-electron chi connectivity index (χ4n) is 2.49. The molecule has 114 valence electrons. The second-order valence-electron chi connectivity index (χ2n) is 5.84. The summed E-state index contributed by atoms with van der Waals surface area (Å²) in [6.45, 7) is 7.50. The van der Waals surface area contributed by atoms with E-state index in [0.717, 1.165) is 24.1 Å². The lowest BCUT2D eigenvalue weighted by Crippen LogP contribution is -2.28. The number of aromatic nitrogens is 2. The maximum atomic E-state index is 12.0. The van der Waals surface area contributed by atoms with Crippen molar-refractivity contribution >= 4 is 5.91 Å². The monoisotopic (exact) mass is 280 g/mol. The van der Waals surface area contributed by atoms with E-state index < -0.39 is 0 Å². The van der Waals surface area contributed by atoms with E-state index in [-0.39, 0.29) is 11.8 Å². The highest BCUT2D eigenvalue weighted by atomic mass is 16.1. The van der Waals surface area contributed by atoms with Crippen molar-refractivity contribution in [1.29, 1.82) is 0 Å². The number of nitrogens with two attached hydrogens (primary N) is 1. The lowest BCUT2D eigenvalue weighted by Gasteiger charge is -2.16. The van der Waals surface area contributed by atoms with Crippen LogP contribution in [-0.2, 0) is 24.8 Å². The number of nitrogens with zero attached hydrogens (tertiary/aromatic N) is 2. The molecule has 1 rings (SSSR count). The molecule has 0 unspecified atom stereocenters. The Hall–Kier alpha value is -1.36. The minimum absolute atomic E-state index is 0.0759. The molecule has 1 amide bonds. The first-order valence-corrected chi connectivity index (χ1v) is 7.44. The zero-order chi connectivity index (χ0) is 15.1. The van der Waals surface area contributed by atoms with Crippen LogP contribution in [0.3, 0.4) is 0 Å². The zero-order valence-corrected chi connectivity index (χ0v) is 13.1. The molecule has 3 N–H and O–H groups in total. The average molecular weight is 280 g/mol. The smallest absolute Gasteiger partial charge is 0.220 e. The van der Waals surface area contributed by atoms with Crippen molar-refractivity contribution in [2.75, 3.05) is 6.54 Å². The Balaban J connectivity index is 2.46. The number of carbonyl (C=O) groups is 1. The molecule has 0 aliphatic rings. The van der Waals surface area contributed by atoms with Gasteiger partial charge in [0.15, 0.2) is 0 Å². The van der Waals surface area contributed by atoms with Gasteiger partial charge in [-0.15, -0.1) is 0 Å². The lowest BCUT2D eigenvalue weighted by molar-refractivity contribution is -0.122. The predicted molar refractivity (Wildman–Crippen MR) is 81.0 cm³/mol. The first-order chi connectivity index (χ1) is 9.46. The largest absolute Gasteiger partial charge is 0.352 e. The van der Waals surface area contributed by atoms with Crippen LogP contribution < -0.4 is 11.1 Å². The van der Waals surface area contributed by atoms with Crippen molar-refractivity contribution in [1.82, 2.24) is 15.1 Å². The van der Waals surface area contributed by atoms with Crippen molar-refractivity contribution in [2.24, 2.45) is 24.6 Å². The van der Waals surface area contributed by atoms with Crippen LogP contribution in [0, 0.1) is 11.8 Å². The number of carbonyl (C=O) groups excluding carboxylic acids is 1. The van der Waals surface area contributed by atoms with E-state index in [2.05, 4.69) is 31.2 Å². The van der Waals surface area contributed by atoms with Crippen molar-refractivity contribution in [3.05, 3.63) is 17.5 Å². The van der Waals surface area contributed by atoms with Crippen LogP contribution in [0.1, 0.15) is 44.9 Å². The third kappa shape index (κ3) is 5.33. The Bertz CT molecular complexity index is 426. The van der Waals surface area contributed by atoms with Gasteiger partial charge >= 0.3 is 0 Å². The highest BCUT2D eigenvalue weighted by Gasteiger charge is 2.14. The fourth-order valence-corrected chi connectivity index (χ4v) is 2.49. The number of rotatable bonds is 8.